The van der Waals surface area contributed by atoms with E-state index in [9.17, 15) is 4.79 Å². The second-order valence-electron chi connectivity index (χ2n) is 9.01. The number of aromatic nitrogens is 4. The molecule has 0 saturated carbocycles. The lowest BCUT2D eigenvalue weighted by atomic mass is 10.1. The Hall–Kier alpha value is -2.98. The molecule has 176 valence electrons. The van der Waals surface area contributed by atoms with E-state index in [1.54, 1.807) is 6.20 Å². The van der Waals surface area contributed by atoms with Gasteiger partial charge < -0.3 is 24.8 Å². The van der Waals surface area contributed by atoms with Crippen molar-refractivity contribution in [3.63, 3.8) is 0 Å². The number of amides is 1. The highest BCUT2D eigenvalue weighted by molar-refractivity contribution is 5.87. The molecule has 10 heteroatoms. The van der Waals surface area contributed by atoms with E-state index >= 15 is 0 Å². The number of likely N-dealkylation sites (N-methyl/N-ethyl adjacent to an activating group) is 1. The van der Waals surface area contributed by atoms with Crippen molar-refractivity contribution >= 4 is 11.7 Å². The number of piperazine rings is 1. The molecule has 3 aliphatic rings. The summed E-state index contributed by atoms with van der Waals surface area (Å²) < 4.78 is 7.97. The number of hydrogen-bond acceptors (Lipinski definition) is 8. The van der Waals surface area contributed by atoms with Crippen LogP contribution in [0.5, 0.6) is 6.01 Å². The molecule has 0 radical (unpaired) electrons. The fourth-order valence-corrected chi connectivity index (χ4v) is 5.05. The quantitative estimate of drug-likeness (QED) is 0.613. The van der Waals surface area contributed by atoms with Gasteiger partial charge in [0.05, 0.1) is 18.3 Å². The zero-order valence-corrected chi connectivity index (χ0v) is 19.2. The van der Waals surface area contributed by atoms with Crippen LogP contribution in [0.3, 0.4) is 0 Å². The third kappa shape index (κ3) is 4.58. The molecule has 5 heterocycles. The van der Waals surface area contributed by atoms with E-state index in [1.165, 1.54) is 12.5 Å². The van der Waals surface area contributed by atoms with Crippen LogP contribution in [0.1, 0.15) is 24.1 Å². The minimum absolute atomic E-state index is 0.0411. The van der Waals surface area contributed by atoms with Gasteiger partial charge in [-0.25, -0.2) is 0 Å². The number of anilines is 1. The summed E-state index contributed by atoms with van der Waals surface area (Å²) in [4.78, 5) is 28.6. The average Bonchev–Trinajstić information content (AvgIpc) is 3.59. The van der Waals surface area contributed by atoms with Crippen molar-refractivity contribution in [1.29, 1.82) is 0 Å². The van der Waals surface area contributed by atoms with Crippen LogP contribution in [0, 0.1) is 0 Å². The lowest BCUT2D eigenvalue weighted by Crippen LogP contribution is -2.56. The molecule has 1 N–H and O–H groups in total. The first-order chi connectivity index (χ1) is 16.1. The molecule has 2 atom stereocenters. The predicted octanol–water partition coefficient (Wildman–Crippen LogP) is 0.653. The van der Waals surface area contributed by atoms with Crippen LogP contribution in [0.2, 0.25) is 0 Å². The molecule has 5 rings (SSSR count). The largest absolute Gasteiger partial charge is 0.462 e. The first-order valence-corrected chi connectivity index (χ1v) is 11.7. The minimum atomic E-state index is -0.0499. The van der Waals surface area contributed by atoms with E-state index in [4.69, 9.17) is 14.7 Å². The molecule has 0 spiro atoms. The van der Waals surface area contributed by atoms with E-state index in [0.29, 0.717) is 44.8 Å². The van der Waals surface area contributed by atoms with Crippen LogP contribution in [-0.2, 0) is 24.4 Å². The summed E-state index contributed by atoms with van der Waals surface area (Å²) in [7, 11) is 2.14. The summed E-state index contributed by atoms with van der Waals surface area (Å²) in [6.45, 7) is 9.44. The van der Waals surface area contributed by atoms with Crippen LogP contribution < -0.4 is 15.0 Å². The Morgan fingerprint density at radius 3 is 2.94 bits per heavy atom. The second kappa shape index (κ2) is 9.48. The first kappa shape index (κ1) is 21.8. The van der Waals surface area contributed by atoms with Gasteiger partial charge in [0.2, 0.25) is 5.91 Å². The van der Waals surface area contributed by atoms with Crippen molar-refractivity contribution in [3.8, 4) is 6.01 Å². The number of nitrogens with one attached hydrogen (secondary N) is 1. The van der Waals surface area contributed by atoms with E-state index < -0.39 is 0 Å². The van der Waals surface area contributed by atoms with Gasteiger partial charge in [-0.3, -0.25) is 9.48 Å². The Bertz CT molecular complexity index is 995. The molecule has 0 aromatic carbocycles. The van der Waals surface area contributed by atoms with Crippen LogP contribution in [0.15, 0.2) is 31.1 Å². The highest BCUT2D eigenvalue weighted by Gasteiger charge is 2.33. The van der Waals surface area contributed by atoms with Crippen molar-refractivity contribution in [1.82, 2.24) is 34.9 Å². The SMILES string of the molecule is C=CC(=O)N1CCN(c2nc(OC[C@@H]3CCCN3C)nc3c2CNC3)C[C@@H]1Cn1cccn1. The fourth-order valence-electron chi connectivity index (χ4n) is 5.05. The molecule has 10 nitrogen and oxygen atoms in total. The molecular weight excluding hydrogens is 420 g/mol. The van der Waals surface area contributed by atoms with Gasteiger partial charge in [-0.15, -0.1) is 0 Å². The maximum Gasteiger partial charge on any atom is 0.318 e. The van der Waals surface area contributed by atoms with Crippen LogP contribution in [0.4, 0.5) is 5.82 Å². The van der Waals surface area contributed by atoms with Crippen molar-refractivity contribution in [2.75, 3.05) is 44.7 Å². The molecule has 1 amide bonds. The minimum Gasteiger partial charge on any atom is -0.462 e. The summed E-state index contributed by atoms with van der Waals surface area (Å²) in [5.74, 6) is 0.863. The summed E-state index contributed by atoms with van der Waals surface area (Å²) in [6, 6.07) is 2.71. The van der Waals surface area contributed by atoms with Gasteiger partial charge in [0.25, 0.3) is 0 Å². The third-order valence-corrected chi connectivity index (χ3v) is 6.92. The fraction of sp³-hybridized carbons (Fsp3) is 0.565. The van der Waals surface area contributed by atoms with Crippen molar-refractivity contribution in [3.05, 3.63) is 42.4 Å². The lowest BCUT2D eigenvalue weighted by molar-refractivity contribution is -0.129. The molecule has 0 bridgehead atoms. The normalized spacial score (nSPS) is 23.1. The third-order valence-electron chi connectivity index (χ3n) is 6.92. The van der Waals surface area contributed by atoms with Gasteiger partial charge in [0, 0.05) is 56.7 Å². The van der Waals surface area contributed by atoms with Crippen molar-refractivity contribution in [2.45, 2.75) is 44.6 Å². The van der Waals surface area contributed by atoms with E-state index in [-0.39, 0.29) is 11.9 Å². The molecular formula is C23H32N8O2. The van der Waals surface area contributed by atoms with Gasteiger partial charge >= 0.3 is 6.01 Å². The van der Waals surface area contributed by atoms with Gasteiger partial charge in [-0.1, -0.05) is 6.58 Å². The zero-order chi connectivity index (χ0) is 22.8. The number of carbonyl (C=O) groups excluding carboxylic acids is 1. The van der Waals surface area contributed by atoms with Crippen LogP contribution in [-0.4, -0.2) is 87.4 Å². The van der Waals surface area contributed by atoms with Crippen molar-refractivity contribution in [2.24, 2.45) is 0 Å². The monoisotopic (exact) mass is 452 g/mol. The van der Waals surface area contributed by atoms with Gasteiger partial charge in [0.1, 0.15) is 12.4 Å². The molecule has 2 fully saturated rings. The van der Waals surface area contributed by atoms with Gasteiger partial charge in [-0.2, -0.15) is 15.1 Å². The average molecular weight is 453 g/mol. The van der Waals surface area contributed by atoms with Crippen LogP contribution >= 0.6 is 0 Å². The Labute approximate surface area is 194 Å². The molecule has 0 aliphatic carbocycles. The Balaban J connectivity index is 1.37. The molecule has 3 aliphatic heterocycles. The Morgan fingerprint density at radius 1 is 1.27 bits per heavy atom. The first-order valence-electron chi connectivity index (χ1n) is 11.7. The lowest BCUT2D eigenvalue weighted by Gasteiger charge is -2.42. The number of ether oxygens (including phenoxy) is 1. The number of rotatable bonds is 7. The molecule has 33 heavy (non-hydrogen) atoms. The number of hydrogen-bond donors (Lipinski definition) is 1. The molecule has 2 saturated heterocycles. The van der Waals surface area contributed by atoms with Crippen LogP contribution in [0.25, 0.3) is 0 Å². The Morgan fingerprint density at radius 2 is 2.18 bits per heavy atom. The highest BCUT2D eigenvalue weighted by Crippen LogP contribution is 2.29. The summed E-state index contributed by atoms with van der Waals surface area (Å²) in [5, 5.41) is 7.74. The maximum atomic E-state index is 12.5. The standard InChI is InChI=1S/C23H32N8O2/c1-3-21(32)31-11-10-29(14-18(31)15-30-9-5-7-25-30)22-19-12-24-13-20(19)26-23(27-22)33-16-17-6-4-8-28(17)2/h3,5,7,9,17-18,24H,1,4,6,8,10-16H2,2H3/t17-,18+/m0/s1. The number of nitrogens with zero attached hydrogens (tertiary/aromatic N) is 7. The van der Waals surface area contributed by atoms with E-state index in [1.807, 2.05) is 21.8 Å². The molecule has 2 aromatic heterocycles. The summed E-state index contributed by atoms with van der Waals surface area (Å²) >= 11 is 0. The number of fused-ring (bicyclic) bond motifs is 1. The van der Waals surface area contributed by atoms with Gasteiger partial charge in [0.15, 0.2) is 0 Å². The second-order valence-corrected chi connectivity index (χ2v) is 9.01. The zero-order valence-electron chi connectivity index (χ0n) is 19.2. The van der Waals surface area contributed by atoms with Crippen molar-refractivity contribution < 1.29 is 9.53 Å². The predicted molar refractivity (Wildman–Crippen MR) is 124 cm³/mol. The maximum absolute atomic E-state index is 12.5. The number of carbonyl (C=O) groups is 1. The summed E-state index contributed by atoms with van der Waals surface area (Å²) in [5.41, 5.74) is 2.13. The Kier molecular flexibility index (Phi) is 6.28. The summed E-state index contributed by atoms with van der Waals surface area (Å²) in [6.07, 6.45) is 7.42. The van der Waals surface area contributed by atoms with Gasteiger partial charge in [-0.05, 0) is 38.6 Å². The smallest absolute Gasteiger partial charge is 0.318 e. The molecule has 0 unspecified atom stereocenters. The van der Waals surface area contributed by atoms with E-state index in [0.717, 1.165) is 43.1 Å². The molecule has 2 aromatic rings. The topological polar surface area (TPSA) is 91.6 Å². The number of likely N-dealkylation sites (tertiary alicyclic amines) is 1. The highest BCUT2D eigenvalue weighted by atomic mass is 16.5. The van der Waals surface area contributed by atoms with E-state index in [2.05, 4.69) is 33.8 Å².